The first kappa shape index (κ1) is 14.2. The van der Waals surface area contributed by atoms with Crippen molar-refractivity contribution >= 4 is 11.9 Å². The molecule has 1 aromatic rings. The van der Waals surface area contributed by atoms with E-state index in [1.165, 1.54) is 0 Å². The Bertz CT molecular complexity index is 373. The average Bonchev–Trinajstić information content (AvgIpc) is 2.33. The highest BCUT2D eigenvalue weighted by molar-refractivity contribution is 5.67. The van der Waals surface area contributed by atoms with Gasteiger partial charge in [0.2, 0.25) is 0 Å². The summed E-state index contributed by atoms with van der Waals surface area (Å²) in [5, 5.41) is 17.3. The molecular formula is C13H17NO4. The molecular weight excluding hydrogens is 234 g/mol. The molecule has 0 heterocycles. The van der Waals surface area contributed by atoms with Crippen molar-refractivity contribution in [1.29, 1.82) is 0 Å². The van der Waals surface area contributed by atoms with E-state index >= 15 is 0 Å². The SMILES string of the molecule is O=C(O)CCN(CCC(=O)O)Cc1ccccc1. The van der Waals surface area contributed by atoms with Gasteiger partial charge in [0, 0.05) is 19.6 Å². The predicted octanol–water partition coefficient (Wildman–Crippen LogP) is 1.44. The Labute approximate surface area is 106 Å². The van der Waals surface area contributed by atoms with Crippen LogP contribution in [0, 0.1) is 0 Å². The maximum Gasteiger partial charge on any atom is 0.304 e. The van der Waals surface area contributed by atoms with Crippen molar-refractivity contribution in [1.82, 2.24) is 4.90 Å². The number of carboxylic acid groups (broad SMARTS) is 2. The van der Waals surface area contributed by atoms with Crippen molar-refractivity contribution in [3.05, 3.63) is 35.9 Å². The van der Waals surface area contributed by atoms with E-state index in [2.05, 4.69) is 0 Å². The van der Waals surface area contributed by atoms with Crippen LogP contribution in [0.1, 0.15) is 18.4 Å². The van der Waals surface area contributed by atoms with Crippen LogP contribution in [0.5, 0.6) is 0 Å². The van der Waals surface area contributed by atoms with Gasteiger partial charge in [0.05, 0.1) is 12.8 Å². The largest absolute Gasteiger partial charge is 0.481 e. The van der Waals surface area contributed by atoms with Crippen molar-refractivity contribution in [3.8, 4) is 0 Å². The van der Waals surface area contributed by atoms with Gasteiger partial charge < -0.3 is 10.2 Å². The molecule has 0 spiro atoms. The Morgan fingerprint density at radius 1 is 0.944 bits per heavy atom. The van der Waals surface area contributed by atoms with E-state index in [1.807, 2.05) is 35.2 Å². The van der Waals surface area contributed by atoms with Crippen LogP contribution in [0.25, 0.3) is 0 Å². The maximum atomic E-state index is 10.6. The molecule has 0 aromatic heterocycles. The molecule has 5 nitrogen and oxygen atoms in total. The van der Waals surface area contributed by atoms with Gasteiger partial charge in [0.25, 0.3) is 0 Å². The zero-order valence-electron chi connectivity index (χ0n) is 10.1. The molecule has 0 bridgehead atoms. The number of rotatable bonds is 8. The van der Waals surface area contributed by atoms with Crippen molar-refractivity contribution in [3.63, 3.8) is 0 Å². The van der Waals surface area contributed by atoms with Crippen LogP contribution < -0.4 is 0 Å². The number of benzene rings is 1. The lowest BCUT2D eigenvalue weighted by Crippen LogP contribution is -2.28. The first-order valence-electron chi connectivity index (χ1n) is 5.78. The monoisotopic (exact) mass is 251 g/mol. The average molecular weight is 251 g/mol. The van der Waals surface area contributed by atoms with Gasteiger partial charge >= 0.3 is 11.9 Å². The van der Waals surface area contributed by atoms with Crippen molar-refractivity contribution in [2.75, 3.05) is 13.1 Å². The first-order chi connectivity index (χ1) is 8.58. The molecule has 0 aliphatic heterocycles. The summed E-state index contributed by atoms with van der Waals surface area (Å²) in [7, 11) is 0. The van der Waals surface area contributed by atoms with E-state index in [0.29, 0.717) is 19.6 Å². The maximum absolute atomic E-state index is 10.6. The lowest BCUT2D eigenvalue weighted by molar-refractivity contribution is -0.137. The van der Waals surface area contributed by atoms with Gasteiger partial charge in [-0.1, -0.05) is 30.3 Å². The predicted molar refractivity (Wildman–Crippen MR) is 66.2 cm³/mol. The third-order valence-corrected chi connectivity index (χ3v) is 2.53. The van der Waals surface area contributed by atoms with Crippen LogP contribution >= 0.6 is 0 Å². The van der Waals surface area contributed by atoms with Crippen LogP contribution in [0.3, 0.4) is 0 Å². The van der Waals surface area contributed by atoms with Gasteiger partial charge in [-0.3, -0.25) is 14.5 Å². The number of aliphatic carboxylic acids is 2. The molecule has 0 amide bonds. The van der Waals surface area contributed by atoms with E-state index < -0.39 is 11.9 Å². The summed E-state index contributed by atoms with van der Waals surface area (Å²) in [5.74, 6) is -1.74. The van der Waals surface area contributed by atoms with Crippen LogP contribution in [0.15, 0.2) is 30.3 Å². The van der Waals surface area contributed by atoms with E-state index in [-0.39, 0.29) is 12.8 Å². The van der Waals surface area contributed by atoms with Crippen molar-refractivity contribution in [2.24, 2.45) is 0 Å². The first-order valence-corrected chi connectivity index (χ1v) is 5.78. The number of hydrogen-bond donors (Lipinski definition) is 2. The Morgan fingerprint density at radius 3 is 1.89 bits per heavy atom. The van der Waals surface area contributed by atoms with Crippen LogP contribution in [-0.2, 0) is 16.1 Å². The highest BCUT2D eigenvalue weighted by Crippen LogP contribution is 2.06. The van der Waals surface area contributed by atoms with Gasteiger partial charge in [-0.05, 0) is 5.56 Å². The Morgan fingerprint density at radius 2 is 1.44 bits per heavy atom. The van der Waals surface area contributed by atoms with Gasteiger partial charge in [-0.25, -0.2) is 0 Å². The molecule has 0 unspecified atom stereocenters. The molecule has 0 fully saturated rings. The summed E-state index contributed by atoms with van der Waals surface area (Å²) in [6.07, 6.45) is 0.0406. The molecule has 5 heteroatoms. The molecule has 1 rings (SSSR count). The normalized spacial score (nSPS) is 10.5. The van der Waals surface area contributed by atoms with Crippen LogP contribution in [0.2, 0.25) is 0 Å². The van der Waals surface area contributed by atoms with Crippen molar-refractivity contribution in [2.45, 2.75) is 19.4 Å². The third-order valence-electron chi connectivity index (χ3n) is 2.53. The second kappa shape index (κ2) is 7.45. The van der Waals surface area contributed by atoms with E-state index in [9.17, 15) is 9.59 Å². The highest BCUT2D eigenvalue weighted by atomic mass is 16.4. The number of hydrogen-bond acceptors (Lipinski definition) is 3. The fourth-order valence-electron chi connectivity index (χ4n) is 1.62. The van der Waals surface area contributed by atoms with E-state index in [4.69, 9.17) is 10.2 Å². The molecule has 1 aromatic carbocycles. The summed E-state index contributed by atoms with van der Waals surface area (Å²) >= 11 is 0. The summed E-state index contributed by atoms with van der Waals surface area (Å²) < 4.78 is 0. The standard InChI is InChI=1S/C13H17NO4/c15-12(16)6-8-14(9-7-13(17)18)10-11-4-2-1-3-5-11/h1-5H,6-10H2,(H,15,16)(H,17,18). The lowest BCUT2D eigenvalue weighted by Gasteiger charge is -2.20. The Hall–Kier alpha value is -1.88. The fraction of sp³-hybridized carbons (Fsp3) is 0.385. The van der Waals surface area contributed by atoms with Crippen molar-refractivity contribution < 1.29 is 19.8 Å². The topological polar surface area (TPSA) is 77.8 Å². The van der Waals surface area contributed by atoms with E-state index in [1.54, 1.807) is 0 Å². The van der Waals surface area contributed by atoms with Crippen LogP contribution in [-0.4, -0.2) is 40.1 Å². The fourth-order valence-corrected chi connectivity index (χ4v) is 1.62. The number of carbonyl (C=O) groups is 2. The molecule has 0 radical (unpaired) electrons. The summed E-state index contributed by atoms with van der Waals surface area (Å²) in [5.41, 5.74) is 1.05. The molecule has 98 valence electrons. The molecule has 0 aliphatic carbocycles. The molecule has 0 saturated carbocycles. The Balaban J connectivity index is 2.53. The molecule has 18 heavy (non-hydrogen) atoms. The lowest BCUT2D eigenvalue weighted by atomic mass is 10.2. The summed E-state index contributed by atoms with van der Waals surface area (Å²) in [4.78, 5) is 22.9. The van der Waals surface area contributed by atoms with Gasteiger partial charge in [0.1, 0.15) is 0 Å². The number of nitrogens with zero attached hydrogens (tertiary/aromatic N) is 1. The Kier molecular flexibility index (Phi) is 5.87. The summed E-state index contributed by atoms with van der Waals surface area (Å²) in [6.45, 7) is 1.29. The second-order valence-electron chi connectivity index (χ2n) is 4.05. The van der Waals surface area contributed by atoms with Gasteiger partial charge in [-0.15, -0.1) is 0 Å². The van der Waals surface area contributed by atoms with Crippen LogP contribution in [0.4, 0.5) is 0 Å². The van der Waals surface area contributed by atoms with E-state index in [0.717, 1.165) is 5.56 Å². The molecule has 0 atom stereocenters. The minimum Gasteiger partial charge on any atom is -0.481 e. The second-order valence-corrected chi connectivity index (χ2v) is 4.05. The minimum absolute atomic E-state index is 0.0203. The molecule has 2 N–H and O–H groups in total. The molecule has 0 aliphatic rings. The number of carboxylic acids is 2. The highest BCUT2D eigenvalue weighted by Gasteiger charge is 2.10. The minimum atomic E-state index is -0.872. The zero-order chi connectivity index (χ0) is 13.4. The smallest absolute Gasteiger partial charge is 0.304 e. The van der Waals surface area contributed by atoms with Gasteiger partial charge in [0.15, 0.2) is 0 Å². The van der Waals surface area contributed by atoms with Gasteiger partial charge in [-0.2, -0.15) is 0 Å². The molecule has 0 saturated heterocycles. The third kappa shape index (κ3) is 6.00. The zero-order valence-corrected chi connectivity index (χ0v) is 10.1. The quantitative estimate of drug-likeness (QED) is 0.731. The summed E-state index contributed by atoms with van der Waals surface area (Å²) in [6, 6.07) is 9.59.